The van der Waals surface area contributed by atoms with E-state index in [-0.39, 0.29) is 17.6 Å². The monoisotopic (exact) mass is 421 g/mol. The van der Waals surface area contributed by atoms with Gasteiger partial charge < -0.3 is 15.4 Å². The predicted molar refractivity (Wildman–Crippen MR) is 114 cm³/mol. The first kappa shape index (κ1) is 22.7. The summed E-state index contributed by atoms with van der Waals surface area (Å²) in [4.78, 5) is 4.16. The van der Waals surface area contributed by atoms with E-state index in [2.05, 4.69) is 15.6 Å². The van der Waals surface area contributed by atoms with E-state index >= 15 is 0 Å². The summed E-state index contributed by atoms with van der Waals surface area (Å²) in [6, 6.07) is 13.9. The molecule has 0 bridgehead atoms. The molecule has 0 saturated heterocycles. The molecule has 0 spiro atoms. The van der Waals surface area contributed by atoms with Crippen LogP contribution in [0.3, 0.4) is 0 Å². The summed E-state index contributed by atoms with van der Waals surface area (Å²) in [5.74, 6) is 1.17. The maximum Gasteiger partial charge on any atom is 0.191 e. The molecule has 2 N–H and O–H groups in total. The number of guanidine groups is 1. The van der Waals surface area contributed by atoms with E-state index in [0.717, 1.165) is 11.1 Å². The van der Waals surface area contributed by atoms with Gasteiger partial charge in [0.05, 0.1) is 5.75 Å². The Morgan fingerprint density at radius 3 is 2.52 bits per heavy atom. The van der Waals surface area contributed by atoms with Gasteiger partial charge in [-0.15, -0.1) is 0 Å². The molecule has 0 fully saturated rings. The largest absolute Gasteiger partial charge is 0.489 e. The van der Waals surface area contributed by atoms with Crippen LogP contribution in [0.2, 0.25) is 0 Å². The van der Waals surface area contributed by atoms with Crippen molar-refractivity contribution in [2.45, 2.75) is 32.5 Å². The molecule has 6 nitrogen and oxygen atoms in total. The average Bonchev–Trinajstić information content (AvgIpc) is 2.68. The van der Waals surface area contributed by atoms with Gasteiger partial charge in [-0.2, -0.15) is 0 Å². The minimum Gasteiger partial charge on any atom is -0.489 e. The summed E-state index contributed by atoms with van der Waals surface area (Å²) in [7, 11) is -1.31. The molecule has 2 aromatic carbocycles. The van der Waals surface area contributed by atoms with Gasteiger partial charge >= 0.3 is 0 Å². The first-order valence-electron chi connectivity index (χ1n) is 9.36. The van der Waals surface area contributed by atoms with Crippen LogP contribution < -0.4 is 15.4 Å². The number of hydrogen-bond donors (Lipinski definition) is 2. The van der Waals surface area contributed by atoms with Crippen molar-refractivity contribution >= 4 is 15.8 Å². The first-order chi connectivity index (χ1) is 13.7. The van der Waals surface area contributed by atoms with Crippen LogP contribution >= 0.6 is 0 Å². The molecule has 158 valence electrons. The van der Waals surface area contributed by atoms with Crippen molar-refractivity contribution in [2.75, 3.05) is 19.1 Å². The Labute approximate surface area is 172 Å². The molecule has 0 saturated carbocycles. The lowest BCUT2D eigenvalue weighted by Gasteiger charge is -2.17. The van der Waals surface area contributed by atoms with Crippen molar-refractivity contribution in [2.24, 2.45) is 4.99 Å². The SMILES string of the molecule is CN=C(NCc1ccc(OCc2cccc(F)c2)cc1)NC(C)CCS(C)(=O)=O. The Balaban J connectivity index is 1.79. The molecule has 1 atom stereocenters. The maximum absolute atomic E-state index is 13.2. The summed E-state index contributed by atoms with van der Waals surface area (Å²) in [6.45, 7) is 2.78. The van der Waals surface area contributed by atoms with Crippen LogP contribution in [0, 0.1) is 5.82 Å². The Hall–Kier alpha value is -2.61. The van der Waals surface area contributed by atoms with Gasteiger partial charge in [0.15, 0.2) is 5.96 Å². The van der Waals surface area contributed by atoms with E-state index in [9.17, 15) is 12.8 Å². The highest BCUT2D eigenvalue weighted by molar-refractivity contribution is 7.90. The standard InChI is InChI=1S/C21H28FN3O3S/c1-16(11-12-29(3,26)27)25-21(23-2)24-14-17-7-9-20(10-8-17)28-15-18-5-4-6-19(22)13-18/h4-10,13,16H,11-12,14-15H2,1-3H3,(H2,23,24,25). The van der Waals surface area contributed by atoms with Gasteiger partial charge in [0.1, 0.15) is 28.0 Å². The predicted octanol–water partition coefficient (Wildman–Crippen LogP) is 2.89. The second-order valence-corrected chi connectivity index (χ2v) is 9.21. The summed E-state index contributed by atoms with van der Waals surface area (Å²) >= 11 is 0. The zero-order chi connectivity index (χ0) is 21.3. The highest BCUT2D eigenvalue weighted by Gasteiger charge is 2.09. The Morgan fingerprint density at radius 2 is 1.90 bits per heavy atom. The Morgan fingerprint density at radius 1 is 1.17 bits per heavy atom. The topological polar surface area (TPSA) is 79.8 Å². The molecule has 0 aliphatic heterocycles. The van der Waals surface area contributed by atoms with Crippen LogP contribution in [0.1, 0.15) is 24.5 Å². The number of halogens is 1. The van der Waals surface area contributed by atoms with E-state index in [1.54, 1.807) is 13.1 Å². The quantitative estimate of drug-likeness (QED) is 0.481. The third-order valence-corrected chi connectivity index (χ3v) is 5.18. The molecule has 0 aliphatic carbocycles. The maximum atomic E-state index is 13.2. The number of nitrogens with one attached hydrogen (secondary N) is 2. The number of benzene rings is 2. The number of sulfone groups is 1. The van der Waals surface area contributed by atoms with E-state index in [1.165, 1.54) is 18.4 Å². The Bertz CT molecular complexity index is 915. The Kier molecular flexibility index (Phi) is 8.45. The van der Waals surface area contributed by atoms with Crippen LogP contribution in [0.4, 0.5) is 4.39 Å². The molecule has 29 heavy (non-hydrogen) atoms. The molecule has 2 aromatic rings. The van der Waals surface area contributed by atoms with Crippen molar-refractivity contribution in [1.82, 2.24) is 10.6 Å². The minimum atomic E-state index is -2.98. The van der Waals surface area contributed by atoms with E-state index < -0.39 is 9.84 Å². The van der Waals surface area contributed by atoms with Gasteiger partial charge in [-0.3, -0.25) is 4.99 Å². The fourth-order valence-corrected chi connectivity index (χ4v) is 3.36. The van der Waals surface area contributed by atoms with Crippen LogP contribution in [-0.4, -0.2) is 39.5 Å². The van der Waals surface area contributed by atoms with Gasteiger partial charge in [-0.1, -0.05) is 24.3 Å². The highest BCUT2D eigenvalue weighted by atomic mass is 32.2. The summed E-state index contributed by atoms with van der Waals surface area (Å²) < 4.78 is 41.4. The lowest BCUT2D eigenvalue weighted by atomic mass is 10.2. The lowest BCUT2D eigenvalue weighted by Crippen LogP contribution is -2.42. The normalized spacial score (nSPS) is 13.0. The molecular formula is C21H28FN3O3S. The van der Waals surface area contributed by atoms with Crippen LogP contribution in [-0.2, 0) is 23.0 Å². The smallest absolute Gasteiger partial charge is 0.191 e. The third kappa shape index (κ3) is 8.95. The number of rotatable bonds is 9. The first-order valence-corrected chi connectivity index (χ1v) is 11.4. The van der Waals surface area contributed by atoms with Gasteiger partial charge in [0.2, 0.25) is 0 Å². The van der Waals surface area contributed by atoms with Gasteiger partial charge in [-0.05, 0) is 48.7 Å². The molecule has 8 heteroatoms. The lowest BCUT2D eigenvalue weighted by molar-refractivity contribution is 0.305. The summed E-state index contributed by atoms with van der Waals surface area (Å²) in [6.07, 6.45) is 1.75. The average molecular weight is 422 g/mol. The fourth-order valence-electron chi connectivity index (χ4n) is 2.57. The fraction of sp³-hybridized carbons (Fsp3) is 0.381. The zero-order valence-electron chi connectivity index (χ0n) is 17.0. The number of hydrogen-bond acceptors (Lipinski definition) is 4. The molecule has 1 unspecified atom stereocenters. The van der Waals surface area contributed by atoms with Crippen molar-refractivity contribution in [1.29, 1.82) is 0 Å². The number of aliphatic imine (C=N–C) groups is 1. The molecule has 0 aliphatic rings. The summed E-state index contributed by atoms with van der Waals surface area (Å²) in [5, 5.41) is 6.39. The second-order valence-electron chi connectivity index (χ2n) is 6.95. The van der Waals surface area contributed by atoms with Crippen LogP contribution in [0.5, 0.6) is 5.75 Å². The van der Waals surface area contributed by atoms with Crippen molar-refractivity contribution < 1.29 is 17.5 Å². The highest BCUT2D eigenvalue weighted by Crippen LogP contribution is 2.14. The van der Waals surface area contributed by atoms with E-state index in [0.29, 0.717) is 31.3 Å². The summed E-state index contributed by atoms with van der Waals surface area (Å²) in [5.41, 5.74) is 1.81. The molecule has 2 rings (SSSR count). The molecule has 0 aromatic heterocycles. The molecule has 0 amide bonds. The van der Waals surface area contributed by atoms with Crippen molar-refractivity contribution in [3.63, 3.8) is 0 Å². The zero-order valence-corrected chi connectivity index (χ0v) is 17.8. The van der Waals surface area contributed by atoms with Crippen molar-refractivity contribution in [3.05, 3.63) is 65.5 Å². The number of ether oxygens (including phenoxy) is 1. The van der Waals surface area contributed by atoms with E-state index in [1.807, 2.05) is 37.3 Å². The van der Waals surface area contributed by atoms with E-state index in [4.69, 9.17) is 4.74 Å². The van der Waals surface area contributed by atoms with Gasteiger partial charge in [0.25, 0.3) is 0 Å². The molecule has 0 heterocycles. The third-order valence-electron chi connectivity index (χ3n) is 4.21. The van der Waals surface area contributed by atoms with Crippen LogP contribution in [0.25, 0.3) is 0 Å². The van der Waals surface area contributed by atoms with Crippen LogP contribution in [0.15, 0.2) is 53.5 Å². The second kappa shape index (κ2) is 10.8. The molecule has 0 radical (unpaired) electrons. The molecular weight excluding hydrogens is 393 g/mol. The number of nitrogens with zero attached hydrogens (tertiary/aromatic N) is 1. The van der Waals surface area contributed by atoms with Gasteiger partial charge in [0, 0.05) is 25.9 Å². The van der Waals surface area contributed by atoms with Crippen molar-refractivity contribution in [3.8, 4) is 5.75 Å². The minimum absolute atomic E-state index is 0.0190. The van der Waals surface area contributed by atoms with Gasteiger partial charge in [-0.25, -0.2) is 12.8 Å².